The van der Waals surface area contributed by atoms with E-state index in [1.165, 1.54) is 36.5 Å². The summed E-state index contributed by atoms with van der Waals surface area (Å²) in [5, 5.41) is 2.48. The number of hydrogen-bond donors (Lipinski definition) is 1. The molecule has 0 fully saturated rings. The summed E-state index contributed by atoms with van der Waals surface area (Å²) in [5.74, 6) is -0.923. The molecule has 1 aromatic carbocycles. The van der Waals surface area contributed by atoms with Crippen LogP contribution in [-0.4, -0.2) is 30.3 Å². The van der Waals surface area contributed by atoms with Crippen LogP contribution in [0.15, 0.2) is 41.0 Å². The molecule has 0 unspecified atom stereocenters. The fourth-order valence-corrected chi connectivity index (χ4v) is 2.28. The molecule has 2 aromatic rings. The summed E-state index contributed by atoms with van der Waals surface area (Å²) in [5.41, 5.74) is 0.285. The van der Waals surface area contributed by atoms with Crippen LogP contribution in [0.3, 0.4) is 0 Å². The number of aromatic nitrogens is 1. The quantitative estimate of drug-likeness (QED) is 0.673. The van der Waals surface area contributed by atoms with E-state index in [1.807, 2.05) is 0 Å². The largest absolute Gasteiger partial charge is 0.483 e. The average Bonchev–Trinajstić information content (AvgIpc) is 2.57. The highest BCUT2D eigenvalue weighted by Gasteiger charge is 2.29. The first-order valence-electron chi connectivity index (χ1n) is 7.22. The Labute approximate surface area is 154 Å². The van der Waals surface area contributed by atoms with Crippen LogP contribution in [0.2, 0.25) is 0 Å². The van der Waals surface area contributed by atoms with Gasteiger partial charge in [-0.2, -0.15) is 13.2 Å². The molecule has 140 valence electrons. The number of nitrogens with one attached hydrogen (secondary N) is 1. The highest BCUT2D eigenvalue weighted by molar-refractivity contribution is 9.10. The van der Waals surface area contributed by atoms with Crippen LogP contribution >= 0.6 is 15.9 Å². The topological polar surface area (TPSA) is 60.5 Å². The van der Waals surface area contributed by atoms with E-state index in [-0.39, 0.29) is 30.3 Å². The van der Waals surface area contributed by atoms with Crippen LogP contribution in [0, 0.1) is 5.82 Å². The van der Waals surface area contributed by atoms with Crippen LogP contribution in [0.4, 0.5) is 17.6 Å². The molecule has 5 nitrogen and oxygen atoms in total. The van der Waals surface area contributed by atoms with Gasteiger partial charge in [-0.15, -0.1) is 0 Å². The van der Waals surface area contributed by atoms with E-state index in [2.05, 4.69) is 31.0 Å². The van der Waals surface area contributed by atoms with Crippen LogP contribution in [0.1, 0.15) is 5.56 Å². The summed E-state index contributed by atoms with van der Waals surface area (Å²) < 4.78 is 59.9. The van der Waals surface area contributed by atoms with E-state index >= 15 is 0 Å². The van der Waals surface area contributed by atoms with Crippen molar-refractivity contribution in [2.75, 3.05) is 13.2 Å². The zero-order valence-electron chi connectivity index (χ0n) is 13.1. The number of rotatable bonds is 7. The van der Waals surface area contributed by atoms with E-state index in [4.69, 9.17) is 4.74 Å². The number of halogens is 5. The van der Waals surface area contributed by atoms with E-state index in [1.54, 1.807) is 0 Å². The van der Waals surface area contributed by atoms with Crippen LogP contribution in [0.25, 0.3) is 0 Å². The van der Waals surface area contributed by atoms with Crippen LogP contribution < -0.4 is 14.8 Å². The minimum absolute atomic E-state index is 0.0895. The Kier molecular flexibility index (Phi) is 6.78. The predicted molar refractivity (Wildman–Crippen MR) is 87.2 cm³/mol. The number of carbonyl (C=O) groups is 1. The Balaban J connectivity index is 1.87. The maximum Gasteiger partial charge on any atom is 0.422 e. The summed E-state index contributed by atoms with van der Waals surface area (Å²) in [4.78, 5) is 15.6. The molecule has 1 aromatic heterocycles. The number of ether oxygens (including phenoxy) is 2. The number of amides is 1. The molecule has 10 heteroatoms. The third-order valence-corrected chi connectivity index (χ3v) is 3.57. The molecule has 0 spiro atoms. The number of hydrogen-bond acceptors (Lipinski definition) is 4. The van der Waals surface area contributed by atoms with E-state index in [9.17, 15) is 22.4 Å². The second-order valence-electron chi connectivity index (χ2n) is 5.01. The molecule has 0 bridgehead atoms. The van der Waals surface area contributed by atoms with Crippen LogP contribution in [0.5, 0.6) is 11.6 Å². The molecule has 26 heavy (non-hydrogen) atoms. The zero-order valence-corrected chi connectivity index (χ0v) is 14.7. The lowest BCUT2D eigenvalue weighted by molar-refractivity contribution is -0.154. The van der Waals surface area contributed by atoms with Gasteiger partial charge in [0.1, 0.15) is 11.6 Å². The van der Waals surface area contributed by atoms with Gasteiger partial charge < -0.3 is 14.8 Å². The molecule has 0 atom stereocenters. The minimum atomic E-state index is -4.49. The molecule has 0 aliphatic heterocycles. The second kappa shape index (κ2) is 8.84. The number of pyridine rings is 1. The third kappa shape index (κ3) is 6.51. The Morgan fingerprint density at radius 1 is 1.23 bits per heavy atom. The maximum atomic E-state index is 13.0. The van der Waals surface area contributed by atoms with Crippen molar-refractivity contribution in [2.24, 2.45) is 0 Å². The molecular formula is C16H13BrF4N2O3. The number of nitrogens with zero attached hydrogens (tertiary/aromatic N) is 1. The molecule has 1 heterocycles. The summed E-state index contributed by atoms with van der Waals surface area (Å²) in [6.45, 7) is -1.93. The lowest BCUT2D eigenvalue weighted by Crippen LogP contribution is -2.29. The lowest BCUT2D eigenvalue weighted by Gasteiger charge is -2.13. The number of carbonyl (C=O) groups excluding carboxylic acids is 1. The van der Waals surface area contributed by atoms with Crippen molar-refractivity contribution in [3.05, 3.63) is 52.4 Å². The monoisotopic (exact) mass is 436 g/mol. The lowest BCUT2D eigenvalue weighted by atomic mass is 10.2. The first kappa shape index (κ1) is 20.0. The molecule has 1 N–H and O–H groups in total. The van der Waals surface area contributed by atoms with Gasteiger partial charge in [0.25, 0.3) is 5.91 Å². The Morgan fingerprint density at radius 3 is 2.69 bits per heavy atom. The number of alkyl halides is 3. The predicted octanol–water partition coefficient (Wildman–Crippen LogP) is 3.62. The number of benzene rings is 1. The highest BCUT2D eigenvalue weighted by atomic mass is 79.9. The maximum absolute atomic E-state index is 13.0. The second-order valence-corrected chi connectivity index (χ2v) is 5.87. The standard InChI is InChI=1S/C16H13BrF4N2O3/c17-12-6-11(18)3-4-13(12)25-8-14(24)23-7-10-2-1-5-22-15(10)26-9-16(19,20)21/h1-6H,7-9H2,(H,23,24). The fraction of sp³-hybridized carbons (Fsp3) is 0.250. The van der Waals surface area contributed by atoms with Gasteiger partial charge in [-0.1, -0.05) is 6.07 Å². The third-order valence-electron chi connectivity index (χ3n) is 2.95. The minimum Gasteiger partial charge on any atom is -0.483 e. The van der Waals surface area contributed by atoms with Crippen molar-refractivity contribution in [3.63, 3.8) is 0 Å². The Bertz CT molecular complexity index is 771. The summed E-state index contributed by atoms with van der Waals surface area (Å²) in [6, 6.07) is 6.71. The first-order chi connectivity index (χ1) is 12.2. The van der Waals surface area contributed by atoms with Gasteiger partial charge in [0.05, 0.1) is 4.47 Å². The van der Waals surface area contributed by atoms with Crippen molar-refractivity contribution < 1.29 is 31.8 Å². The Hall–Kier alpha value is -2.36. The molecule has 0 saturated carbocycles. The van der Waals surface area contributed by atoms with E-state index in [0.29, 0.717) is 4.47 Å². The molecular weight excluding hydrogens is 424 g/mol. The van der Waals surface area contributed by atoms with E-state index in [0.717, 1.165) is 0 Å². The smallest absolute Gasteiger partial charge is 0.422 e. The van der Waals surface area contributed by atoms with E-state index < -0.39 is 24.5 Å². The van der Waals surface area contributed by atoms with Crippen molar-refractivity contribution in [1.29, 1.82) is 0 Å². The van der Waals surface area contributed by atoms with Crippen molar-refractivity contribution in [3.8, 4) is 11.6 Å². The summed E-state index contributed by atoms with van der Waals surface area (Å²) in [6.07, 6.45) is -3.21. The van der Waals surface area contributed by atoms with Crippen LogP contribution in [-0.2, 0) is 11.3 Å². The van der Waals surface area contributed by atoms with Gasteiger partial charge in [0.2, 0.25) is 5.88 Å². The van der Waals surface area contributed by atoms with Gasteiger partial charge in [-0.25, -0.2) is 9.37 Å². The average molecular weight is 437 g/mol. The Morgan fingerprint density at radius 2 is 2.00 bits per heavy atom. The normalized spacial score (nSPS) is 11.1. The summed E-state index contributed by atoms with van der Waals surface area (Å²) >= 11 is 3.10. The van der Waals surface area contributed by atoms with Crippen molar-refractivity contribution >= 4 is 21.8 Å². The van der Waals surface area contributed by atoms with Crippen molar-refractivity contribution in [1.82, 2.24) is 10.3 Å². The molecule has 1 amide bonds. The highest BCUT2D eigenvalue weighted by Crippen LogP contribution is 2.25. The molecule has 2 rings (SSSR count). The fourth-order valence-electron chi connectivity index (χ4n) is 1.82. The SMILES string of the molecule is O=C(COc1ccc(F)cc1Br)NCc1cccnc1OCC(F)(F)F. The molecule has 0 saturated heterocycles. The van der Waals surface area contributed by atoms with Gasteiger partial charge in [0, 0.05) is 18.3 Å². The van der Waals surface area contributed by atoms with Gasteiger partial charge in [-0.05, 0) is 40.2 Å². The van der Waals surface area contributed by atoms with Gasteiger partial charge in [0.15, 0.2) is 13.2 Å². The molecule has 0 aliphatic carbocycles. The zero-order chi connectivity index (χ0) is 19.2. The van der Waals surface area contributed by atoms with Gasteiger partial charge >= 0.3 is 6.18 Å². The summed E-state index contributed by atoms with van der Waals surface area (Å²) in [7, 11) is 0. The first-order valence-corrected chi connectivity index (χ1v) is 8.02. The van der Waals surface area contributed by atoms with Gasteiger partial charge in [-0.3, -0.25) is 4.79 Å². The van der Waals surface area contributed by atoms with Crippen molar-refractivity contribution in [2.45, 2.75) is 12.7 Å². The molecule has 0 radical (unpaired) electrons. The molecule has 0 aliphatic rings.